The van der Waals surface area contributed by atoms with Gasteiger partial charge in [0.05, 0.1) is 6.04 Å². The van der Waals surface area contributed by atoms with Gasteiger partial charge in [-0.15, -0.1) is 0 Å². The zero-order chi connectivity index (χ0) is 13.6. The number of nitrogens with zero attached hydrogens (tertiary/aromatic N) is 1. The van der Waals surface area contributed by atoms with Crippen LogP contribution in [0.25, 0.3) is 0 Å². The Hall–Kier alpha value is -1.35. The average Bonchev–Trinajstić information content (AvgIpc) is 2.39. The molecule has 1 fully saturated rings. The van der Waals surface area contributed by atoms with Crippen molar-refractivity contribution in [1.82, 2.24) is 10.2 Å². The zero-order valence-electron chi connectivity index (χ0n) is 11.9. The molecule has 19 heavy (non-hydrogen) atoms. The second-order valence-corrected chi connectivity index (χ2v) is 6.33. The molecule has 1 aliphatic carbocycles. The number of hydrogen-bond donors (Lipinski definition) is 1. The van der Waals surface area contributed by atoms with Crippen molar-refractivity contribution in [1.29, 1.82) is 0 Å². The predicted octanol–water partition coefficient (Wildman–Crippen LogP) is 2.23. The van der Waals surface area contributed by atoms with Gasteiger partial charge >= 0.3 is 0 Å². The van der Waals surface area contributed by atoms with Crippen molar-refractivity contribution in [2.24, 2.45) is 0 Å². The number of hydrogen-bond acceptors (Lipinski definition) is 2. The van der Waals surface area contributed by atoms with Crippen LogP contribution in [0.5, 0.6) is 0 Å². The number of carbonyl (C=O) groups excluding carboxylic acids is 1. The Morgan fingerprint density at radius 2 is 2.16 bits per heavy atom. The summed E-state index contributed by atoms with van der Waals surface area (Å²) >= 11 is 0. The van der Waals surface area contributed by atoms with Crippen LogP contribution in [0.3, 0.4) is 0 Å². The van der Waals surface area contributed by atoms with Gasteiger partial charge in [-0.1, -0.05) is 31.2 Å². The Morgan fingerprint density at radius 1 is 1.42 bits per heavy atom. The second kappa shape index (κ2) is 4.34. The lowest BCUT2D eigenvalue weighted by Gasteiger charge is -2.52. The number of benzene rings is 1. The minimum Gasteiger partial charge on any atom is -0.348 e. The molecule has 0 spiro atoms. The summed E-state index contributed by atoms with van der Waals surface area (Å²) in [6.07, 6.45) is 2.33. The standard InChI is InChI=1S/C16H22N2O/c1-11(19)17-15-12-6-4-5-7-13(12)16(2)8-9-18(3)14(15)10-16/h4-7,14-15H,8-10H2,1-3H3,(H,17,19)/t14?,15-,16?/m0/s1. The monoisotopic (exact) mass is 258 g/mol. The molecule has 2 unspecified atom stereocenters. The summed E-state index contributed by atoms with van der Waals surface area (Å²) in [5.74, 6) is 0.0578. The molecule has 1 amide bonds. The molecule has 3 heteroatoms. The molecule has 1 aromatic rings. The minimum absolute atomic E-state index is 0.0578. The maximum absolute atomic E-state index is 11.5. The van der Waals surface area contributed by atoms with E-state index < -0.39 is 0 Å². The van der Waals surface area contributed by atoms with Crippen molar-refractivity contribution in [3.05, 3.63) is 35.4 Å². The van der Waals surface area contributed by atoms with Crippen molar-refractivity contribution in [2.45, 2.75) is 44.2 Å². The van der Waals surface area contributed by atoms with Crippen LogP contribution in [0.15, 0.2) is 24.3 Å². The van der Waals surface area contributed by atoms with Gasteiger partial charge in [-0.25, -0.2) is 0 Å². The Morgan fingerprint density at radius 3 is 2.89 bits per heavy atom. The van der Waals surface area contributed by atoms with E-state index in [4.69, 9.17) is 0 Å². The highest BCUT2D eigenvalue weighted by Gasteiger charge is 2.46. The second-order valence-electron chi connectivity index (χ2n) is 6.33. The molecule has 0 radical (unpaired) electrons. The predicted molar refractivity (Wildman–Crippen MR) is 76.0 cm³/mol. The first kappa shape index (κ1) is 12.7. The minimum atomic E-state index is 0.0578. The third-order valence-corrected chi connectivity index (χ3v) is 4.93. The van der Waals surface area contributed by atoms with Crippen molar-refractivity contribution >= 4 is 5.91 Å². The number of likely N-dealkylation sites (tertiary alicyclic amines) is 1. The van der Waals surface area contributed by atoms with Gasteiger partial charge in [0.15, 0.2) is 0 Å². The summed E-state index contributed by atoms with van der Waals surface area (Å²) in [6, 6.07) is 9.17. The van der Waals surface area contributed by atoms with Crippen molar-refractivity contribution < 1.29 is 4.79 Å². The van der Waals surface area contributed by atoms with Gasteiger partial charge < -0.3 is 10.2 Å². The lowest BCUT2D eigenvalue weighted by Crippen LogP contribution is -2.56. The third kappa shape index (κ3) is 1.96. The first-order chi connectivity index (χ1) is 9.01. The summed E-state index contributed by atoms with van der Waals surface area (Å²) in [7, 11) is 2.17. The van der Waals surface area contributed by atoms with Gasteiger partial charge in [0.25, 0.3) is 0 Å². The fraction of sp³-hybridized carbons (Fsp3) is 0.562. The first-order valence-corrected chi connectivity index (χ1v) is 7.08. The zero-order valence-corrected chi connectivity index (χ0v) is 11.9. The number of rotatable bonds is 1. The molecule has 0 aromatic heterocycles. The Bertz CT molecular complexity index is 513. The highest BCUT2D eigenvalue weighted by Crippen LogP contribution is 2.48. The number of piperidine rings is 1. The first-order valence-electron chi connectivity index (χ1n) is 7.08. The fourth-order valence-corrected chi connectivity index (χ4v) is 3.84. The topological polar surface area (TPSA) is 32.3 Å². The number of likely N-dealkylation sites (N-methyl/N-ethyl adjacent to an activating group) is 1. The number of fused-ring (bicyclic) bond motifs is 4. The van der Waals surface area contributed by atoms with Gasteiger partial charge in [-0.05, 0) is 43.0 Å². The number of nitrogens with one attached hydrogen (secondary N) is 1. The third-order valence-electron chi connectivity index (χ3n) is 4.93. The Labute approximate surface area is 115 Å². The van der Waals surface area contributed by atoms with Crippen LogP contribution < -0.4 is 5.32 Å². The van der Waals surface area contributed by atoms with Crippen LogP contribution in [0.2, 0.25) is 0 Å². The van der Waals surface area contributed by atoms with Crippen LogP contribution >= 0.6 is 0 Å². The quantitative estimate of drug-likeness (QED) is 0.838. The average molecular weight is 258 g/mol. The van der Waals surface area contributed by atoms with E-state index in [1.54, 1.807) is 6.92 Å². The molecule has 102 valence electrons. The fourth-order valence-electron chi connectivity index (χ4n) is 3.84. The van der Waals surface area contributed by atoms with Gasteiger partial charge in [-0.3, -0.25) is 4.79 Å². The maximum Gasteiger partial charge on any atom is 0.217 e. The van der Waals surface area contributed by atoms with E-state index in [0.29, 0.717) is 6.04 Å². The van der Waals surface area contributed by atoms with Gasteiger partial charge in [0, 0.05) is 13.0 Å². The Kier molecular flexibility index (Phi) is 2.90. The lowest BCUT2D eigenvalue weighted by atomic mass is 9.63. The molecule has 1 aromatic carbocycles. The van der Waals surface area contributed by atoms with E-state index in [1.165, 1.54) is 17.5 Å². The van der Waals surface area contributed by atoms with Gasteiger partial charge in [0.1, 0.15) is 0 Å². The van der Waals surface area contributed by atoms with Crippen molar-refractivity contribution in [3.63, 3.8) is 0 Å². The molecule has 1 aliphatic heterocycles. The SMILES string of the molecule is CC(=O)N[C@H]1c2ccccc2C2(C)CCN(C)C1C2. The molecule has 2 aliphatic rings. The van der Waals surface area contributed by atoms with E-state index in [-0.39, 0.29) is 17.4 Å². The Balaban J connectivity index is 2.10. The normalized spacial score (nSPS) is 33.6. The highest BCUT2D eigenvalue weighted by molar-refractivity contribution is 5.73. The maximum atomic E-state index is 11.5. The van der Waals surface area contributed by atoms with E-state index in [1.807, 2.05) is 0 Å². The molecule has 0 saturated carbocycles. The van der Waals surface area contributed by atoms with Crippen LogP contribution in [-0.4, -0.2) is 30.4 Å². The molecular weight excluding hydrogens is 236 g/mol. The molecule has 3 nitrogen and oxygen atoms in total. The molecule has 2 bridgehead atoms. The molecule has 1 heterocycles. The van der Waals surface area contributed by atoms with Gasteiger partial charge in [-0.2, -0.15) is 0 Å². The highest BCUT2D eigenvalue weighted by atomic mass is 16.1. The smallest absolute Gasteiger partial charge is 0.217 e. The van der Waals surface area contributed by atoms with E-state index in [2.05, 4.69) is 48.5 Å². The largest absolute Gasteiger partial charge is 0.348 e. The molecule has 3 atom stereocenters. The van der Waals surface area contributed by atoms with Crippen LogP contribution in [0, 0.1) is 0 Å². The summed E-state index contributed by atoms with van der Waals surface area (Å²) in [6.45, 7) is 5.08. The van der Waals surface area contributed by atoms with Crippen LogP contribution in [0.4, 0.5) is 0 Å². The van der Waals surface area contributed by atoms with E-state index >= 15 is 0 Å². The summed E-state index contributed by atoms with van der Waals surface area (Å²) in [5.41, 5.74) is 3.00. The van der Waals surface area contributed by atoms with E-state index in [0.717, 1.165) is 13.0 Å². The summed E-state index contributed by atoms with van der Waals surface area (Å²) in [4.78, 5) is 13.9. The van der Waals surface area contributed by atoms with Crippen molar-refractivity contribution in [2.75, 3.05) is 13.6 Å². The van der Waals surface area contributed by atoms with Crippen molar-refractivity contribution in [3.8, 4) is 0 Å². The van der Waals surface area contributed by atoms with Gasteiger partial charge in [0.2, 0.25) is 5.91 Å². The molecular formula is C16H22N2O. The number of carbonyl (C=O) groups is 1. The van der Waals surface area contributed by atoms with Crippen LogP contribution in [0.1, 0.15) is 43.9 Å². The summed E-state index contributed by atoms with van der Waals surface area (Å²) in [5, 5.41) is 3.16. The number of amides is 1. The lowest BCUT2D eigenvalue weighted by molar-refractivity contribution is -0.120. The molecule has 3 rings (SSSR count). The van der Waals surface area contributed by atoms with Crippen LogP contribution in [-0.2, 0) is 10.2 Å². The molecule has 1 saturated heterocycles. The van der Waals surface area contributed by atoms with E-state index in [9.17, 15) is 4.79 Å². The summed E-state index contributed by atoms with van der Waals surface area (Å²) < 4.78 is 0. The molecule has 1 N–H and O–H groups in total.